The van der Waals surface area contributed by atoms with Gasteiger partial charge in [-0.3, -0.25) is 9.98 Å². The van der Waals surface area contributed by atoms with Gasteiger partial charge in [0.1, 0.15) is 11.5 Å². The third-order valence-corrected chi connectivity index (χ3v) is 3.59. The van der Waals surface area contributed by atoms with E-state index in [9.17, 15) is 0 Å². The first-order valence-corrected chi connectivity index (χ1v) is 7.53. The van der Waals surface area contributed by atoms with Gasteiger partial charge in [-0.05, 0) is 56.5 Å². The molecule has 1 unspecified atom stereocenters. The van der Waals surface area contributed by atoms with Crippen molar-refractivity contribution in [1.29, 1.82) is 0 Å². The highest BCUT2D eigenvalue weighted by atomic mass is 127. The lowest BCUT2D eigenvalue weighted by molar-refractivity contribution is 0.441. The number of aryl methyl sites for hydroxylation is 2. The number of hydrogen-bond donors (Lipinski definition) is 2. The maximum absolute atomic E-state index is 5.63. The van der Waals surface area contributed by atoms with Crippen molar-refractivity contribution in [2.24, 2.45) is 4.99 Å². The summed E-state index contributed by atoms with van der Waals surface area (Å²) in [5.74, 6) is 2.60. The first kappa shape index (κ1) is 19.5. The van der Waals surface area contributed by atoms with Crippen LogP contribution in [0.15, 0.2) is 40.0 Å². The van der Waals surface area contributed by atoms with Crippen LogP contribution in [0.1, 0.15) is 35.6 Å². The van der Waals surface area contributed by atoms with Gasteiger partial charge in [0.25, 0.3) is 0 Å². The minimum Gasteiger partial charge on any atom is -0.464 e. The third-order valence-electron chi connectivity index (χ3n) is 3.59. The standard InChI is InChI=1S/C17H24N4O.HI/c1-12-11-19-9-7-15(12)8-10-20-17(18-4)21-14(3)16-6-5-13(2)22-16;/h5-7,9,11,14H,8,10H2,1-4H3,(H2,18,20,21);1H. The number of nitrogens with one attached hydrogen (secondary N) is 2. The van der Waals surface area contributed by atoms with Gasteiger partial charge in [0.05, 0.1) is 6.04 Å². The van der Waals surface area contributed by atoms with Gasteiger partial charge in [-0.2, -0.15) is 0 Å². The van der Waals surface area contributed by atoms with Gasteiger partial charge in [0.15, 0.2) is 5.96 Å². The van der Waals surface area contributed by atoms with Crippen LogP contribution >= 0.6 is 24.0 Å². The van der Waals surface area contributed by atoms with Crippen LogP contribution in [-0.4, -0.2) is 24.5 Å². The molecule has 2 aromatic heterocycles. The molecule has 6 heteroatoms. The lowest BCUT2D eigenvalue weighted by Crippen LogP contribution is -2.39. The molecule has 0 aromatic carbocycles. The van der Waals surface area contributed by atoms with Crippen molar-refractivity contribution in [3.8, 4) is 0 Å². The number of hydrogen-bond acceptors (Lipinski definition) is 3. The number of rotatable bonds is 5. The fourth-order valence-corrected chi connectivity index (χ4v) is 2.26. The third kappa shape index (κ3) is 5.85. The van der Waals surface area contributed by atoms with Crippen LogP contribution in [0.4, 0.5) is 0 Å². The van der Waals surface area contributed by atoms with E-state index in [-0.39, 0.29) is 30.0 Å². The molecule has 0 saturated heterocycles. The molecule has 0 amide bonds. The second-order valence-electron chi connectivity index (χ2n) is 5.37. The Bertz CT molecular complexity index is 639. The number of nitrogens with zero attached hydrogens (tertiary/aromatic N) is 2. The molecule has 23 heavy (non-hydrogen) atoms. The number of aromatic nitrogens is 1. The summed E-state index contributed by atoms with van der Waals surface area (Å²) in [6.07, 6.45) is 4.66. The van der Waals surface area contributed by atoms with Gasteiger partial charge >= 0.3 is 0 Å². The number of aliphatic imine (C=N–C) groups is 1. The van der Waals surface area contributed by atoms with Crippen LogP contribution in [0.2, 0.25) is 0 Å². The van der Waals surface area contributed by atoms with E-state index in [1.165, 1.54) is 11.1 Å². The minimum absolute atomic E-state index is 0. The van der Waals surface area contributed by atoms with E-state index in [0.29, 0.717) is 0 Å². The summed E-state index contributed by atoms with van der Waals surface area (Å²) in [5.41, 5.74) is 2.51. The quantitative estimate of drug-likeness (QED) is 0.436. The fourth-order valence-electron chi connectivity index (χ4n) is 2.26. The Labute approximate surface area is 155 Å². The van der Waals surface area contributed by atoms with Crippen LogP contribution < -0.4 is 10.6 Å². The van der Waals surface area contributed by atoms with Gasteiger partial charge in [-0.25, -0.2) is 0 Å². The molecule has 0 spiro atoms. The Morgan fingerprint density at radius 1 is 1.30 bits per heavy atom. The molecule has 2 rings (SSSR count). The monoisotopic (exact) mass is 428 g/mol. The molecule has 0 aliphatic rings. The highest BCUT2D eigenvalue weighted by Gasteiger charge is 2.11. The lowest BCUT2D eigenvalue weighted by atomic mass is 10.1. The summed E-state index contributed by atoms with van der Waals surface area (Å²) < 4.78 is 5.63. The van der Waals surface area contributed by atoms with Gasteiger partial charge < -0.3 is 15.1 Å². The summed E-state index contributed by atoms with van der Waals surface area (Å²) >= 11 is 0. The number of pyridine rings is 1. The zero-order valence-electron chi connectivity index (χ0n) is 14.1. The second-order valence-corrected chi connectivity index (χ2v) is 5.37. The van der Waals surface area contributed by atoms with Crippen molar-refractivity contribution < 1.29 is 4.42 Å². The zero-order chi connectivity index (χ0) is 15.9. The SMILES string of the molecule is CN=C(NCCc1ccncc1C)NC(C)c1ccc(C)o1.I. The average molecular weight is 428 g/mol. The molecule has 126 valence electrons. The Morgan fingerprint density at radius 2 is 2.09 bits per heavy atom. The highest BCUT2D eigenvalue weighted by molar-refractivity contribution is 14.0. The summed E-state index contributed by atoms with van der Waals surface area (Å²) in [6.45, 7) is 6.89. The Balaban J connectivity index is 0.00000264. The molecule has 0 aliphatic carbocycles. The normalized spacial score (nSPS) is 12.4. The summed E-state index contributed by atoms with van der Waals surface area (Å²) in [7, 11) is 1.77. The van der Waals surface area contributed by atoms with Gasteiger partial charge in [-0.1, -0.05) is 0 Å². The van der Waals surface area contributed by atoms with E-state index in [4.69, 9.17) is 4.42 Å². The Morgan fingerprint density at radius 3 is 2.70 bits per heavy atom. The maximum Gasteiger partial charge on any atom is 0.191 e. The van der Waals surface area contributed by atoms with Crippen molar-refractivity contribution >= 4 is 29.9 Å². The molecule has 0 aliphatic heterocycles. The summed E-state index contributed by atoms with van der Waals surface area (Å²) in [4.78, 5) is 8.37. The van der Waals surface area contributed by atoms with E-state index < -0.39 is 0 Å². The molecule has 0 fully saturated rings. The molecule has 0 saturated carbocycles. The predicted molar refractivity (Wildman–Crippen MR) is 104 cm³/mol. The van der Waals surface area contributed by atoms with Gasteiger partial charge in [-0.15, -0.1) is 24.0 Å². The maximum atomic E-state index is 5.63. The molecule has 1 atom stereocenters. The van der Waals surface area contributed by atoms with Gasteiger partial charge in [0.2, 0.25) is 0 Å². The van der Waals surface area contributed by atoms with Crippen molar-refractivity contribution in [1.82, 2.24) is 15.6 Å². The molecule has 5 nitrogen and oxygen atoms in total. The van der Waals surface area contributed by atoms with Crippen LogP contribution in [0, 0.1) is 13.8 Å². The topological polar surface area (TPSA) is 62.5 Å². The average Bonchev–Trinajstić information content (AvgIpc) is 2.94. The van der Waals surface area contributed by atoms with Crippen molar-refractivity contribution in [3.05, 3.63) is 53.2 Å². The Hall–Kier alpha value is -1.57. The first-order chi connectivity index (χ1) is 10.6. The smallest absolute Gasteiger partial charge is 0.191 e. The van der Waals surface area contributed by atoms with E-state index >= 15 is 0 Å². The summed E-state index contributed by atoms with van der Waals surface area (Å²) in [6, 6.07) is 6.08. The van der Waals surface area contributed by atoms with Crippen molar-refractivity contribution in [2.45, 2.75) is 33.2 Å². The molecular weight excluding hydrogens is 403 g/mol. The number of furan rings is 1. The fraction of sp³-hybridized carbons (Fsp3) is 0.412. The van der Waals surface area contributed by atoms with Crippen molar-refractivity contribution in [3.63, 3.8) is 0 Å². The molecule has 2 aromatic rings. The van der Waals surface area contributed by atoms with Crippen LogP contribution in [0.3, 0.4) is 0 Å². The molecular formula is C17H25IN4O. The van der Waals surface area contributed by atoms with E-state index in [0.717, 1.165) is 30.4 Å². The van der Waals surface area contributed by atoms with Gasteiger partial charge in [0, 0.05) is 26.0 Å². The van der Waals surface area contributed by atoms with Crippen molar-refractivity contribution in [2.75, 3.05) is 13.6 Å². The molecule has 0 bridgehead atoms. The van der Waals surface area contributed by atoms with Crippen LogP contribution in [0.5, 0.6) is 0 Å². The largest absolute Gasteiger partial charge is 0.464 e. The molecule has 2 heterocycles. The second kappa shape index (κ2) is 9.54. The Kier molecular flexibility index (Phi) is 8.08. The first-order valence-electron chi connectivity index (χ1n) is 7.53. The number of guanidine groups is 1. The predicted octanol–water partition coefficient (Wildman–Crippen LogP) is 3.38. The minimum atomic E-state index is 0. The van der Waals surface area contributed by atoms with E-state index in [2.05, 4.69) is 40.5 Å². The molecule has 2 N–H and O–H groups in total. The lowest BCUT2D eigenvalue weighted by Gasteiger charge is -2.16. The zero-order valence-corrected chi connectivity index (χ0v) is 16.4. The molecule has 0 radical (unpaired) electrons. The highest BCUT2D eigenvalue weighted by Crippen LogP contribution is 2.15. The number of halogens is 1. The van der Waals surface area contributed by atoms with E-state index in [1.54, 1.807) is 7.05 Å². The van der Waals surface area contributed by atoms with E-state index in [1.807, 2.05) is 31.5 Å². The summed E-state index contributed by atoms with van der Waals surface area (Å²) in [5, 5.41) is 6.66. The van der Waals surface area contributed by atoms with Crippen LogP contribution in [0.25, 0.3) is 0 Å². The van der Waals surface area contributed by atoms with Crippen LogP contribution in [-0.2, 0) is 6.42 Å².